The molecule has 0 radical (unpaired) electrons. The number of aromatic nitrogens is 1. The number of pyridine rings is 1. The van der Waals surface area contributed by atoms with Crippen molar-refractivity contribution in [3.8, 4) is 11.1 Å². The van der Waals surface area contributed by atoms with Crippen LogP contribution in [0.2, 0.25) is 0 Å². The van der Waals surface area contributed by atoms with Crippen molar-refractivity contribution in [2.24, 2.45) is 0 Å². The first kappa shape index (κ1) is 12.4. The van der Waals surface area contributed by atoms with Crippen LogP contribution < -0.4 is 0 Å². The molecule has 2 heterocycles. The number of nitrogens with zero attached hydrogens (tertiary/aromatic N) is 1. The van der Waals surface area contributed by atoms with E-state index in [2.05, 4.69) is 41.4 Å². The maximum Gasteiger partial charge on any atom is 0.143 e. The highest BCUT2D eigenvalue weighted by atomic mass is 16.3. The van der Waals surface area contributed by atoms with Crippen molar-refractivity contribution < 1.29 is 4.42 Å². The average molecular weight is 295 g/mol. The summed E-state index contributed by atoms with van der Waals surface area (Å²) in [5.74, 6) is 0. The van der Waals surface area contributed by atoms with Crippen LogP contribution in [-0.2, 0) is 0 Å². The molecule has 0 N–H and O–H groups in total. The monoisotopic (exact) mass is 295 g/mol. The van der Waals surface area contributed by atoms with Gasteiger partial charge in [0.25, 0.3) is 0 Å². The summed E-state index contributed by atoms with van der Waals surface area (Å²) in [6.07, 6.45) is 1.92. The lowest BCUT2D eigenvalue weighted by atomic mass is 10.0. The third-order valence-corrected chi connectivity index (χ3v) is 4.31. The van der Waals surface area contributed by atoms with Crippen molar-refractivity contribution >= 4 is 32.8 Å². The Hall–Kier alpha value is -3.13. The van der Waals surface area contributed by atoms with E-state index in [-0.39, 0.29) is 0 Å². The zero-order valence-electron chi connectivity index (χ0n) is 12.4. The second-order valence-corrected chi connectivity index (χ2v) is 5.70. The Balaban J connectivity index is 1.84. The number of hydrogen-bond acceptors (Lipinski definition) is 2. The van der Waals surface area contributed by atoms with Gasteiger partial charge in [0.15, 0.2) is 0 Å². The Morgan fingerprint density at radius 3 is 2.57 bits per heavy atom. The number of para-hydroxylation sites is 3. The van der Waals surface area contributed by atoms with Gasteiger partial charge in [0.1, 0.15) is 11.2 Å². The van der Waals surface area contributed by atoms with Crippen molar-refractivity contribution in [2.75, 3.05) is 0 Å². The maximum atomic E-state index is 6.12. The molecule has 0 atom stereocenters. The molecule has 0 aliphatic rings. The SMILES string of the molecule is c1ccc2ncc(-c3cccc4c3oc3ccccc34)cc2c1. The standard InChI is InChI=1S/C21H13NO/c1-3-10-19-14(6-1)12-15(13-22-19)16-8-5-9-18-17-7-2-4-11-20(17)23-21(16)18/h1-13H. The molecule has 2 nitrogen and oxygen atoms in total. The van der Waals surface area contributed by atoms with Gasteiger partial charge in [0, 0.05) is 33.5 Å². The molecule has 0 saturated carbocycles. The van der Waals surface area contributed by atoms with Crippen LogP contribution in [0.15, 0.2) is 83.4 Å². The topological polar surface area (TPSA) is 26.0 Å². The molecule has 3 aromatic carbocycles. The van der Waals surface area contributed by atoms with E-state index in [4.69, 9.17) is 4.42 Å². The molecule has 0 fully saturated rings. The molecule has 0 bridgehead atoms. The predicted octanol–water partition coefficient (Wildman–Crippen LogP) is 5.80. The molecule has 2 aromatic heterocycles. The molecule has 0 aliphatic heterocycles. The molecule has 5 aromatic rings. The van der Waals surface area contributed by atoms with Crippen LogP contribution in [0.1, 0.15) is 0 Å². The predicted molar refractivity (Wildman–Crippen MR) is 94.5 cm³/mol. The van der Waals surface area contributed by atoms with Crippen molar-refractivity contribution in [1.82, 2.24) is 4.98 Å². The molecule has 0 unspecified atom stereocenters. The molecule has 23 heavy (non-hydrogen) atoms. The normalized spacial score (nSPS) is 11.5. The summed E-state index contributed by atoms with van der Waals surface area (Å²) >= 11 is 0. The van der Waals surface area contributed by atoms with Crippen LogP contribution in [0.4, 0.5) is 0 Å². The van der Waals surface area contributed by atoms with Gasteiger partial charge in [0.2, 0.25) is 0 Å². The summed E-state index contributed by atoms with van der Waals surface area (Å²) in [5, 5.41) is 3.43. The Labute approximate surface area is 133 Å². The fourth-order valence-corrected chi connectivity index (χ4v) is 3.19. The zero-order chi connectivity index (χ0) is 15.2. The average Bonchev–Trinajstić information content (AvgIpc) is 3.00. The highest BCUT2D eigenvalue weighted by molar-refractivity contribution is 6.09. The Morgan fingerprint density at radius 1 is 0.739 bits per heavy atom. The number of hydrogen-bond donors (Lipinski definition) is 0. The molecule has 0 saturated heterocycles. The molecular formula is C21H13NO. The van der Waals surface area contributed by atoms with Crippen LogP contribution in [0, 0.1) is 0 Å². The molecule has 0 spiro atoms. The number of fused-ring (bicyclic) bond motifs is 4. The summed E-state index contributed by atoms with van der Waals surface area (Å²) in [5.41, 5.74) is 5.01. The first-order valence-corrected chi connectivity index (χ1v) is 7.65. The van der Waals surface area contributed by atoms with E-state index in [9.17, 15) is 0 Å². The van der Waals surface area contributed by atoms with Crippen molar-refractivity contribution in [2.45, 2.75) is 0 Å². The van der Waals surface area contributed by atoms with Crippen LogP contribution in [0.25, 0.3) is 44.0 Å². The number of furan rings is 1. The second-order valence-electron chi connectivity index (χ2n) is 5.70. The van der Waals surface area contributed by atoms with E-state index in [0.29, 0.717) is 0 Å². The molecule has 0 amide bonds. The summed E-state index contributed by atoms with van der Waals surface area (Å²) in [6, 6.07) is 24.8. The van der Waals surface area contributed by atoms with E-state index in [1.165, 1.54) is 0 Å². The molecule has 2 heteroatoms. The van der Waals surface area contributed by atoms with Crippen molar-refractivity contribution in [3.05, 3.63) is 79.0 Å². The molecule has 108 valence electrons. The lowest BCUT2D eigenvalue weighted by molar-refractivity contribution is 0.670. The van der Waals surface area contributed by atoms with Gasteiger partial charge < -0.3 is 4.42 Å². The summed E-state index contributed by atoms with van der Waals surface area (Å²) in [7, 11) is 0. The van der Waals surface area contributed by atoms with E-state index in [1.54, 1.807) is 0 Å². The van der Waals surface area contributed by atoms with Crippen LogP contribution in [0.3, 0.4) is 0 Å². The molecular weight excluding hydrogens is 282 g/mol. The smallest absolute Gasteiger partial charge is 0.143 e. The molecule has 0 aliphatic carbocycles. The summed E-state index contributed by atoms with van der Waals surface area (Å²) in [6.45, 7) is 0. The van der Waals surface area contributed by atoms with Crippen LogP contribution >= 0.6 is 0 Å². The summed E-state index contributed by atoms with van der Waals surface area (Å²) < 4.78 is 6.12. The minimum atomic E-state index is 0.920. The van der Waals surface area contributed by atoms with E-state index >= 15 is 0 Å². The van der Waals surface area contributed by atoms with Gasteiger partial charge in [-0.15, -0.1) is 0 Å². The lowest BCUT2D eigenvalue weighted by Gasteiger charge is -2.04. The quantitative estimate of drug-likeness (QED) is 0.390. The van der Waals surface area contributed by atoms with Crippen LogP contribution in [-0.4, -0.2) is 4.98 Å². The van der Waals surface area contributed by atoms with Crippen molar-refractivity contribution in [3.63, 3.8) is 0 Å². The van der Waals surface area contributed by atoms with Crippen molar-refractivity contribution in [1.29, 1.82) is 0 Å². The van der Waals surface area contributed by atoms with Gasteiger partial charge in [-0.2, -0.15) is 0 Å². The third-order valence-electron chi connectivity index (χ3n) is 4.31. The fourth-order valence-electron chi connectivity index (χ4n) is 3.19. The first-order valence-electron chi connectivity index (χ1n) is 7.65. The van der Waals surface area contributed by atoms with Gasteiger partial charge in [-0.25, -0.2) is 0 Å². The summed E-state index contributed by atoms with van der Waals surface area (Å²) in [4.78, 5) is 4.58. The van der Waals surface area contributed by atoms with Gasteiger partial charge in [-0.3, -0.25) is 4.98 Å². The van der Waals surface area contributed by atoms with Gasteiger partial charge in [0.05, 0.1) is 5.52 Å². The second kappa shape index (κ2) is 4.68. The number of rotatable bonds is 1. The largest absolute Gasteiger partial charge is 0.455 e. The van der Waals surface area contributed by atoms with E-state index in [0.717, 1.165) is 44.0 Å². The van der Waals surface area contributed by atoms with Gasteiger partial charge >= 0.3 is 0 Å². The minimum Gasteiger partial charge on any atom is -0.455 e. The Bertz CT molecular complexity index is 1170. The lowest BCUT2D eigenvalue weighted by Crippen LogP contribution is -1.83. The minimum absolute atomic E-state index is 0.920. The first-order chi connectivity index (χ1) is 11.4. The van der Waals surface area contributed by atoms with Gasteiger partial charge in [-0.1, -0.05) is 54.6 Å². The van der Waals surface area contributed by atoms with Crippen LogP contribution in [0.5, 0.6) is 0 Å². The third kappa shape index (κ3) is 1.85. The highest BCUT2D eigenvalue weighted by Gasteiger charge is 2.12. The zero-order valence-corrected chi connectivity index (χ0v) is 12.4. The molecule has 5 rings (SSSR count). The highest BCUT2D eigenvalue weighted by Crippen LogP contribution is 2.35. The Kier molecular flexibility index (Phi) is 2.53. The van der Waals surface area contributed by atoms with Gasteiger partial charge in [-0.05, 0) is 18.2 Å². The van der Waals surface area contributed by atoms with E-state index in [1.807, 2.05) is 42.6 Å². The maximum absolute atomic E-state index is 6.12. The van der Waals surface area contributed by atoms with E-state index < -0.39 is 0 Å². The number of benzene rings is 3. The Morgan fingerprint density at radius 2 is 1.57 bits per heavy atom. The fraction of sp³-hybridized carbons (Fsp3) is 0.